The molecule has 1 atom stereocenters. The van der Waals surface area contributed by atoms with Crippen molar-refractivity contribution in [3.8, 4) is 5.75 Å². The molecule has 2 aliphatic heterocycles. The van der Waals surface area contributed by atoms with Gasteiger partial charge < -0.3 is 9.30 Å². The molecule has 0 bridgehead atoms. The van der Waals surface area contributed by atoms with Crippen molar-refractivity contribution >= 4 is 6.08 Å². The van der Waals surface area contributed by atoms with Gasteiger partial charge in [0.05, 0.1) is 11.7 Å². The maximum absolute atomic E-state index is 5.90. The molecule has 1 aromatic carbocycles. The maximum atomic E-state index is 5.90. The van der Waals surface area contributed by atoms with Gasteiger partial charge in [-0.2, -0.15) is 0 Å². The molecule has 23 heavy (non-hydrogen) atoms. The summed E-state index contributed by atoms with van der Waals surface area (Å²) in [5.74, 6) is 2.19. The van der Waals surface area contributed by atoms with Crippen LogP contribution in [-0.4, -0.2) is 34.1 Å². The highest BCUT2D eigenvalue weighted by Crippen LogP contribution is 2.33. The van der Waals surface area contributed by atoms with Crippen LogP contribution in [0.3, 0.4) is 0 Å². The first kappa shape index (κ1) is 14.5. The highest BCUT2D eigenvalue weighted by atomic mass is 16.5. The van der Waals surface area contributed by atoms with Crippen molar-refractivity contribution in [2.75, 3.05) is 19.7 Å². The van der Waals surface area contributed by atoms with E-state index in [1.807, 2.05) is 12.1 Å². The van der Waals surface area contributed by atoms with Gasteiger partial charge >= 0.3 is 0 Å². The van der Waals surface area contributed by atoms with Gasteiger partial charge in [0.1, 0.15) is 18.2 Å². The van der Waals surface area contributed by atoms with Gasteiger partial charge in [0.25, 0.3) is 0 Å². The summed E-state index contributed by atoms with van der Waals surface area (Å²) in [5, 5.41) is 0. The Morgan fingerprint density at radius 2 is 2.17 bits per heavy atom. The molecule has 0 aliphatic carbocycles. The van der Waals surface area contributed by atoms with Gasteiger partial charge in [0.2, 0.25) is 0 Å². The zero-order chi connectivity index (χ0) is 15.8. The molecule has 1 aromatic heterocycles. The first-order valence-electron chi connectivity index (χ1n) is 8.36. The van der Waals surface area contributed by atoms with E-state index in [4.69, 9.17) is 9.72 Å². The molecule has 4 heteroatoms. The number of aryl methyl sites for hydroxylation is 2. The Morgan fingerprint density at radius 1 is 1.30 bits per heavy atom. The average molecular weight is 309 g/mol. The van der Waals surface area contributed by atoms with Gasteiger partial charge in [-0.3, -0.25) is 4.90 Å². The fourth-order valence-corrected chi connectivity index (χ4v) is 3.77. The van der Waals surface area contributed by atoms with Crippen molar-refractivity contribution in [1.82, 2.24) is 14.5 Å². The molecule has 4 nitrogen and oxygen atoms in total. The number of benzene rings is 1. The summed E-state index contributed by atoms with van der Waals surface area (Å²) in [5.41, 5.74) is 3.64. The Morgan fingerprint density at radius 3 is 3.00 bits per heavy atom. The van der Waals surface area contributed by atoms with E-state index in [2.05, 4.69) is 47.8 Å². The summed E-state index contributed by atoms with van der Waals surface area (Å²) in [6, 6.07) is 8.68. The molecule has 0 saturated carbocycles. The fraction of sp³-hybridized carbons (Fsp3) is 0.421. The minimum Gasteiger partial charge on any atom is -0.489 e. The number of imidazole rings is 1. The minimum absolute atomic E-state index is 0.423. The Kier molecular flexibility index (Phi) is 3.69. The molecule has 2 aliphatic rings. The summed E-state index contributed by atoms with van der Waals surface area (Å²) in [4.78, 5) is 7.29. The number of ether oxygens (including phenoxy) is 1. The number of aromatic nitrogens is 2. The van der Waals surface area contributed by atoms with Crippen LogP contribution >= 0.6 is 0 Å². The SMILES string of the molecule is Cc1cn(C)c([C@@H]2CCCN2CC2=Cc3ccccc3OC2)n1. The molecule has 1 fully saturated rings. The van der Waals surface area contributed by atoms with Crippen LogP contribution in [0.4, 0.5) is 0 Å². The molecule has 2 aromatic rings. The lowest BCUT2D eigenvalue weighted by molar-refractivity contribution is 0.249. The summed E-state index contributed by atoms with van der Waals surface area (Å²) < 4.78 is 8.08. The predicted molar refractivity (Wildman–Crippen MR) is 91.4 cm³/mol. The summed E-state index contributed by atoms with van der Waals surface area (Å²) in [6.45, 7) is 4.86. The van der Waals surface area contributed by atoms with E-state index >= 15 is 0 Å². The molecule has 3 heterocycles. The van der Waals surface area contributed by atoms with Gasteiger partial charge in [0, 0.05) is 25.4 Å². The smallest absolute Gasteiger partial charge is 0.127 e. The van der Waals surface area contributed by atoms with E-state index in [1.165, 1.54) is 29.8 Å². The second-order valence-corrected chi connectivity index (χ2v) is 6.61. The summed E-state index contributed by atoms with van der Waals surface area (Å²) in [7, 11) is 2.10. The molecule has 120 valence electrons. The van der Waals surface area contributed by atoms with E-state index in [-0.39, 0.29) is 0 Å². The number of hydrogen-bond donors (Lipinski definition) is 0. The van der Waals surface area contributed by atoms with E-state index in [9.17, 15) is 0 Å². The van der Waals surface area contributed by atoms with Crippen LogP contribution < -0.4 is 4.74 Å². The van der Waals surface area contributed by atoms with Gasteiger partial charge in [-0.15, -0.1) is 0 Å². The van der Waals surface area contributed by atoms with Crippen molar-refractivity contribution < 1.29 is 4.74 Å². The Bertz CT molecular complexity index is 747. The van der Waals surface area contributed by atoms with Crippen molar-refractivity contribution in [2.45, 2.75) is 25.8 Å². The molecule has 1 saturated heterocycles. The molecule has 0 N–H and O–H groups in total. The highest BCUT2D eigenvalue weighted by Gasteiger charge is 2.30. The van der Waals surface area contributed by atoms with Crippen LogP contribution in [-0.2, 0) is 7.05 Å². The third kappa shape index (κ3) is 2.79. The number of likely N-dealkylation sites (tertiary alicyclic amines) is 1. The summed E-state index contributed by atoms with van der Waals surface area (Å²) in [6.07, 6.45) is 6.83. The van der Waals surface area contributed by atoms with E-state index in [0.717, 1.165) is 24.5 Å². The van der Waals surface area contributed by atoms with Crippen molar-refractivity contribution in [3.05, 3.63) is 53.1 Å². The molecule has 4 rings (SSSR count). The van der Waals surface area contributed by atoms with E-state index in [0.29, 0.717) is 12.6 Å². The molecular weight excluding hydrogens is 286 g/mol. The number of para-hydroxylation sites is 1. The highest BCUT2D eigenvalue weighted by molar-refractivity contribution is 5.62. The molecule has 0 unspecified atom stereocenters. The third-order valence-corrected chi connectivity index (χ3v) is 4.79. The topological polar surface area (TPSA) is 30.3 Å². The second kappa shape index (κ2) is 5.85. The zero-order valence-corrected chi connectivity index (χ0v) is 13.8. The number of hydrogen-bond acceptors (Lipinski definition) is 3. The quantitative estimate of drug-likeness (QED) is 0.871. The first-order chi connectivity index (χ1) is 11.2. The number of rotatable bonds is 3. The molecule has 0 spiro atoms. The maximum Gasteiger partial charge on any atom is 0.127 e. The Hall–Kier alpha value is -2.07. The minimum atomic E-state index is 0.423. The first-order valence-corrected chi connectivity index (χ1v) is 8.36. The number of nitrogens with zero attached hydrogens (tertiary/aromatic N) is 3. The lowest BCUT2D eigenvalue weighted by Crippen LogP contribution is -2.29. The lowest BCUT2D eigenvalue weighted by atomic mass is 10.1. The van der Waals surface area contributed by atoms with Crippen molar-refractivity contribution in [1.29, 1.82) is 0 Å². The molecule has 0 amide bonds. The Labute approximate surface area is 137 Å². The molecule has 0 radical (unpaired) electrons. The van der Waals surface area contributed by atoms with Crippen LogP contribution in [0.5, 0.6) is 5.75 Å². The van der Waals surface area contributed by atoms with Gasteiger partial charge in [-0.25, -0.2) is 4.98 Å². The third-order valence-electron chi connectivity index (χ3n) is 4.79. The Balaban J connectivity index is 1.55. The van der Waals surface area contributed by atoms with Crippen LogP contribution in [0.2, 0.25) is 0 Å². The zero-order valence-electron chi connectivity index (χ0n) is 13.8. The van der Waals surface area contributed by atoms with Gasteiger partial charge in [0.15, 0.2) is 0 Å². The average Bonchev–Trinajstić information content (AvgIpc) is 3.13. The predicted octanol–water partition coefficient (Wildman–Crippen LogP) is 3.34. The van der Waals surface area contributed by atoms with E-state index < -0.39 is 0 Å². The summed E-state index contributed by atoms with van der Waals surface area (Å²) >= 11 is 0. The molecular formula is C19H23N3O. The second-order valence-electron chi connectivity index (χ2n) is 6.61. The van der Waals surface area contributed by atoms with Crippen molar-refractivity contribution in [2.24, 2.45) is 7.05 Å². The normalized spacial score (nSPS) is 21.0. The standard InChI is InChI=1S/C19H23N3O/c1-14-11-21(2)19(20-14)17-7-5-9-22(17)12-15-10-16-6-3-4-8-18(16)23-13-15/h3-4,6,8,10-11,17H,5,7,9,12-13H2,1-2H3/t17-/m0/s1. The van der Waals surface area contributed by atoms with Crippen LogP contribution in [0.15, 0.2) is 36.0 Å². The largest absolute Gasteiger partial charge is 0.489 e. The van der Waals surface area contributed by atoms with Crippen molar-refractivity contribution in [3.63, 3.8) is 0 Å². The van der Waals surface area contributed by atoms with E-state index in [1.54, 1.807) is 0 Å². The number of fused-ring (bicyclic) bond motifs is 1. The van der Waals surface area contributed by atoms with Gasteiger partial charge in [-0.05, 0) is 44.0 Å². The van der Waals surface area contributed by atoms with Crippen LogP contribution in [0.25, 0.3) is 6.08 Å². The van der Waals surface area contributed by atoms with Gasteiger partial charge in [-0.1, -0.05) is 18.2 Å². The van der Waals surface area contributed by atoms with Crippen LogP contribution in [0.1, 0.15) is 36.0 Å². The lowest BCUT2D eigenvalue weighted by Gasteiger charge is -2.27. The van der Waals surface area contributed by atoms with Crippen LogP contribution in [0, 0.1) is 6.92 Å². The fourth-order valence-electron chi connectivity index (χ4n) is 3.77. The monoisotopic (exact) mass is 309 g/mol.